The third-order valence-corrected chi connectivity index (χ3v) is 3.79. The monoisotopic (exact) mass is 293 g/mol. The van der Waals surface area contributed by atoms with E-state index in [-0.39, 0.29) is 11.9 Å². The topological polar surface area (TPSA) is 32.7 Å². The summed E-state index contributed by atoms with van der Waals surface area (Å²) in [5.41, 5.74) is 0.0767. The molecule has 3 nitrogen and oxygen atoms in total. The summed E-state index contributed by atoms with van der Waals surface area (Å²) in [6, 6.07) is 6.48. The Morgan fingerprint density at radius 3 is 2.76 bits per heavy atom. The summed E-state index contributed by atoms with van der Waals surface area (Å²) in [5.74, 6) is -0.234. The highest BCUT2D eigenvalue weighted by atomic mass is 19.1. The molecule has 2 atom stereocenters. The number of hydrogen-bond acceptors (Lipinski definition) is 3. The lowest BCUT2D eigenvalue weighted by molar-refractivity contribution is 0.0242. The van der Waals surface area contributed by atoms with Gasteiger partial charge in [0.05, 0.1) is 11.7 Å². The minimum Gasteiger partial charge on any atom is -0.385 e. The molecule has 1 aliphatic heterocycles. The highest BCUT2D eigenvalue weighted by molar-refractivity contribution is 5.16. The molecule has 0 spiro atoms. The van der Waals surface area contributed by atoms with Gasteiger partial charge in [0.15, 0.2) is 0 Å². The summed E-state index contributed by atoms with van der Waals surface area (Å²) in [5, 5.41) is 10.2. The highest BCUT2D eigenvalue weighted by Crippen LogP contribution is 2.18. The second-order valence-electron chi connectivity index (χ2n) is 5.99. The molecule has 4 heteroatoms. The van der Waals surface area contributed by atoms with Gasteiger partial charge in [0.1, 0.15) is 5.82 Å². The number of benzene rings is 1. The van der Waals surface area contributed by atoms with E-state index in [1.807, 2.05) is 0 Å². The maximum Gasteiger partial charge on any atom is 0.123 e. The van der Waals surface area contributed by atoms with Gasteiger partial charge in [-0.3, -0.25) is 4.90 Å². The minimum atomic E-state index is -0.946. The van der Waals surface area contributed by atoms with Crippen LogP contribution in [0.3, 0.4) is 0 Å². The first kappa shape index (κ1) is 16.1. The normalized spacial score (nSPS) is 21.4. The maximum atomic E-state index is 13.0. The molecule has 0 radical (unpaired) electrons. The summed E-state index contributed by atoms with van der Waals surface area (Å²) in [6.07, 6.45) is 3.91. The van der Waals surface area contributed by atoms with Gasteiger partial charge >= 0.3 is 0 Å². The Labute approximate surface area is 126 Å². The van der Waals surface area contributed by atoms with E-state index in [2.05, 4.69) is 11.5 Å². The van der Waals surface area contributed by atoms with E-state index >= 15 is 0 Å². The molecule has 0 amide bonds. The molecule has 1 aromatic rings. The molecule has 1 heterocycles. The van der Waals surface area contributed by atoms with Gasteiger partial charge < -0.3 is 9.84 Å². The molecule has 0 aliphatic carbocycles. The summed E-state index contributed by atoms with van der Waals surface area (Å²) >= 11 is 0. The van der Waals surface area contributed by atoms with Crippen molar-refractivity contribution in [3.05, 3.63) is 48.3 Å². The Hall–Kier alpha value is -1.23. The van der Waals surface area contributed by atoms with Crippen LogP contribution >= 0.6 is 0 Å². The van der Waals surface area contributed by atoms with E-state index in [9.17, 15) is 9.50 Å². The third-order valence-electron chi connectivity index (χ3n) is 3.79. The molecular weight excluding hydrogens is 269 g/mol. The molecule has 1 fully saturated rings. The lowest BCUT2D eigenvalue weighted by Gasteiger charge is -2.31. The van der Waals surface area contributed by atoms with Crippen molar-refractivity contribution < 1.29 is 14.2 Å². The summed E-state index contributed by atoms with van der Waals surface area (Å²) in [6.45, 7) is 8.14. The molecule has 21 heavy (non-hydrogen) atoms. The second kappa shape index (κ2) is 7.16. The van der Waals surface area contributed by atoms with E-state index < -0.39 is 5.60 Å². The van der Waals surface area contributed by atoms with Crippen LogP contribution < -0.4 is 0 Å². The van der Waals surface area contributed by atoms with Crippen molar-refractivity contribution in [2.75, 3.05) is 19.7 Å². The zero-order valence-electron chi connectivity index (χ0n) is 12.6. The van der Waals surface area contributed by atoms with Crippen LogP contribution in [0, 0.1) is 5.82 Å². The number of nitrogens with zero attached hydrogens (tertiary/aromatic N) is 1. The fourth-order valence-electron chi connectivity index (χ4n) is 2.63. The quantitative estimate of drug-likeness (QED) is 0.785. The van der Waals surface area contributed by atoms with Crippen LogP contribution in [0.25, 0.3) is 0 Å². The van der Waals surface area contributed by atoms with Crippen LogP contribution in [-0.2, 0) is 11.3 Å². The molecule has 0 bridgehead atoms. The molecule has 116 valence electrons. The smallest absolute Gasteiger partial charge is 0.123 e. The minimum absolute atomic E-state index is 0.214. The average Bonchev–Trinajstić information content (AvgIpc) is 2.94. The van der Waals surface area contributed by atoms with Crippen LogP contribution in [0.1, 0.15) is 25.3 Å². The Morgan fingerprint density at radius 2 is 2.19 bits per heavy atom. The van der Waals surface area contributed by atoms with Gasteiger partial charge in [-0.05, 0) is 37.5 Å². The van der Waals surface area contributed by atoms with E-state index in [4.69, 9.17) is 4.74 Å². The first-order valence-electron chi connectivity index (χ1n) is 7.43. The molecule has 1 saturated heterocycles. The Morgan fingerprint density at radius 1 is 1.48 bits per heavy atom. The largest absolute Gasteiger partial charge is 0.385 e. The molecule has 0 saturated carbocycles. The molecule has 2 unspecified atom stereocenters. The van der Waals surface area contributed by atoms with Gasteiger partial charge in [-0.2, -0.15) is 0 Å². The van der Waals surface area contributed by atoms with Crippen LogP contribution in [0.4, 0.5) is 4.39 Å². The van der Waals surface area contributed by atoms with Crippen molar-refractivity contribution in [2.24, 2.45) is 0 Å². The van der Waals surface area contributed by atoms with Gasteiger partial charge in [-0.25, -0.2) is 4.39 Å². The summed E-state index contributed by atoms with van der Waals surface area (Å²) < 4.78 is 18.7. The van der Waals surface area contributed by atoms with Crippen molar-refractivity contribution >= 4 is 0 Å². The van der Waals surface area contributed by atoms with E-state index in [1.54, 1.807) is 25.1 Å². The Balaban J connectivity index is 2.02. The first-order chi connectivity index (χ1) is 9.98. The third kappa shape index (κ3) is 5.23. The standard InChI is InChI=1S/C17H24FNO2/c1-3-17(2,20)13-19(12-16-5-4-10-21-16)11-14-6-8-15(18)9-7-14/h3,6-9,16,20H,1,4-5,10-13H2,2H3. The lowest BCUT2D eigenvalue weighted by atomic mass is 10.1. The highest BCUT2D eigenvalue weighted by Gasteiger charge is 2.25. The predicted molar refractivity (Wildman–Crippen MR) is 81.5 cm³/mol. The molecule has 0 aromatic heterocycles. The Bertz CT molecular complexity index is 452. The molecule has 2 rings (SSSR count). The molecular formula is C17H24FNO2. The average molecular weight is 293 g/mol. The van der Waals surface area contributed by atoms with Crippen molar-refractivity contribution in [3.63, 3.8) is 0 Å². The van der Waals surface area contributed by atoms with Crippen LogP contribution in [-0.4, -0.2) is 41.4 Å². The summed E-state index contributed by atoms with van der Waals surface area (Å²) in [7, 11) is 0. The van der Waals surface area contributed by atoms with E-state index in [0.29, 0.717) is 13.1 Å². The van der Waals surface area contributed by atoms with Gasteiger partial charge in [0, 0.05) is 26.2 Å². The fraction of sp³-hybridized carbons (Fsp3) is 0.529. The fourth-order valence-corrected chi connectivity index (χ4v) is 2.63. The van der Waals surface area contributed by atoms with Crippen molar-refractivity contribution in [1.29, 1.82) is 0 Å². The van der Waals surface area contributed by atoms with E-state index in [1.165, 1.54) is 12.1 Å². The summed E-state index contributed by atoms with van der Waals surface area (Å²) in [4.78, 5) is 2.14. The zero-order valence-corrected chi connectivity index (χ0v) is 12.6. The van der Waals surface area contributed by atoms with Gasteiger partial charge in [-0.15, -0.1) is 6.58 Å². The lowest BCUT2D eigenvalue weighted by Crippen LogP contribution is -2.42. The number of ether oxygens (including phenoxy) is 1. The molecule has 1 N–H and O–H groups in total. The number of hydrogen-bond donors (Lipinski definition) is 1. The van der Waals surface area contributed by atoms with Gasteiger partial charge in [0.2, 0.25) is 0 Å². The first-order valence-corrected chi connectivity index (χ1v) is 7.43. The maximum absolute atomic E-state index is 13.0. The van der Waals surface area contributed by atoms with E-state index in [0.717, 1.165) is 31.6 Å². The second-order valence-corrected chi connectivity index (χ2v) is 5.99. The molecule has 1 aliphatic rings. The number of halogens is 1. The number of aliphatic hydroxyl groups is 1. The Kier molecular flexibility index (Phi) is 5.51. The van der Waals surface area contributed by atoms with Crippen molar-refractivity contribution in [2.45, 2.75) is 38.0 Å². The molecule has 1 aromatic carbocycles. The van der Waals surface area contributed by atoms with Crippen molar-refractivity contribution in [1.82, 2.24) is 4.90 Å². The van der Waals surface area contributed by atoms with Crippen LogP contribution in [0.2, 0.25) is 0 Å². The van der Waals surface area contributed by atoms with Crippen LogP contribution in [0.5, 0.6) is 0 Å². The van der Waals surface area contributed by atoms with Gasteiger partial charge in [0.25, 0.3) is 0 Å². The van der Waals surface area contributed by atoms with Crippen molar-refractivity contribution in [3.8, 4) is 0 Å². The predicted octanol–water partition coefficient (Wildman–Crippen LogP) is 2.74. The SMILES string of the molecule is C=CC(C)(O)CN(Cc1ccc(F)cc1)CC1CCCO1. The number of rotatable bonds is 7. The van der Waals surface area contributed by atoms with Crippen LogP contribution in [0.15, 0.2) is 36.9 Å². The van der Waals surface area contributed by atoms with Gasteiger partial charge in [-0.1, -0.05) is 18.2 Å². The zero-order chi connectivity index (χ0) is 15.3.